The Hall–Kier alpha value is -3.35. The fourth-order valence-electron chi connectivity index (χ4n) is 4.04. The van der Waals surface area contributed by atoms with Crippen molar-refractivity contribution < 1.29 is 14.4 Å². The summed E-state index contributed by atoms with van der Waals surface area (Å²) in [6.45, 7) is 1.84. The Kier molecular flexibility index (Phi) is 3.69. The molecular formula is C20H20N4O3. The van der Waals surface area contributed by atoms with Gasteiger partial charge in [-0.25, -0.2) is 0 Å². The number of amides is 3. The largest absolute Gasteiger partial charge is 0.358 e. The molecule has 1 unspecified atom stereocenters. The third-order valence-corrected chi connectivity index (χ3v) is 5.39. The van der Waals surface area contributed by atoms with Crippen molar-refractivity contribution in [1.29, 1.82) is 0 Å². The van der Waals surface area contributed by atoms with Gasteiger partial charge in [-0.3, -0.25) is 14.4 Å². The maximum atomic E-state index is 13.3. The molecule has 0 fully saturated rings. The second-order valence-corrected chi connectivity index (χ2v) is 6.76. The standard InChI is InChI=1S/C20H20N4O3/c1-12-7-6-9-14-17(12)22-19(27)20(14)23(3)18(26)13-8-4-5-10-15(13)24(20)11-16(25)21-2/h4-10H,11H2,1-3H3,(H,21,25)(H,22,27). The van der Waals surface area contributed by atoms with Crippen molar-refractivity contribution in [2.45, 2.75) is 12.6 Å². The molecule has 0 radical (unpaired) electrons. The van der Waals surface area contributed by atoms with Crippen LogP contribution in [0.5, 0.6) is 0 Å². The van der Waals surface area contributed by atoms with E-state index in [0.29, 0.717) is 22.5 Å². The van der Waals surface area contributed by atoms with Crippen LogP contribution >= 0.6 is 0 Å². The van der Waals surface area contributed by atoms with Gasteiger partial charge in [0.05, 0.1) is 23.5 Å². The minimum absolute atomic E-state index is 0.0636. The summed E-state index contributed by atoms with van der Waals surface area (Å²) >= 11 is 0. The summed E-state index contributed by atoms with van der Waals surface area (Å²) in [7, 11) is 3.15. The summed E-state index contributed by atoms with van der Waals surface area (Å²) in [4.78, 5) is 41.9. The molecule has 0 aliphatic carbocycles. The number of likely N-dealkylation sites (N-methyl/N-ethyl adjacent to an activating group) is 2. The molecule has 0 saturated heterocycles. The zero-order valence-electron chi connectivity index (χ0n) is 15.4. The number of para-hydroxylation sites is 2. The van der Waals surface area contributed by atoms with E-state index >= 15 is 0 Å². The lowest BCUT2D eigenvalue weighted by Gasteiger charge is -2.50. The minimum Gasteiger partial charge on any atom is -0.358 e. The van der Waals surface area contributed by atoms with Crippen molar-refractivity contribution >= 4 is 29.1 Å². The number of rotatable bonds is 2. The molecule has 138 valence electrons. The second kappa shape index (κ2) is 5.84. The molecule has 0 saturated carbocycles. The van der Waals surface area contributed by atoms with Crippen LogP contribution in [0.2, 0.25) is 0 Å². The van der Waals surface area contributed by atoms with E-state index in [1.165, 1.54) is 4.90 Å². The first-order valence-electron chi connectivity index (χ1n) is 8.70. The maximum Gasteiger partial charge on any atom is 0.276 e. The molecule has 1 spiro atoms. The van der Waals surface area contributed by atoms with Crippen molar-refractivity contribution in [2.75, 3.05) is 30.9 Å². The lowest BCUT2D eigenvalue weighted by atomic mass is 9.90. The normalized spacial score (nSPS) is 20.4. The quantitative estimate of drug-likeness (QED) is 0.845. The van der Waals surface area contributed by atoms with Crippen molar-refractivity contribution in [3.05, 3.63) is 59.2 Å². The number of fused-ring (bicyclic) bond motifs is 3. The molecule has 7 heteroatoms. The van der Waals surface area contributed by atoms with Gasteiger partial charge in [-0.2, -0.15) is 0 Å². The fourth-order valence-corrected chi connectivity index (χ4v) is 4.04. The molecule has 4 rings (SSSR count). The molecule has 2 aliphatic heterocycles. The molecule has 2 N–H and O–H groups in total. The molecule has 3 amide bonds. The van der Waals surface area contributed by atoms with Gasteiger partial charge in [-0.05, 0) is 24.6 Å². The van der Waals surface area contributed by atoms with Crippen molar-refractivity contribution in [2.24, 2.45) is 0 Å². The maximum absolute atomic E-state index is 13.3. The number of hydrogen-bond acceptors (Lipinski definition) is 4. The number of nitrogens with one attached hydrogen (secondary N) is 2. The van der Waals surface area contributed by atoms with Crippen molar-refractivity contribution in [3.8, 4) is 0 Å². The van der Waals surface area contributed by atoms with Gasteiger partial charge in [0.2, 0.25) is 11.6 Å². The first-order valence-corrected chi connectivity index (χ1v) is 8.70. The topological polar surface area (TPSA) is 81.8 Å². The molecule has 0 aromatic heterocycles. The van der Waals surface area contributed by atoms with Gasteiger partial charge in [-0.15, -0.1) is 0 Å². The van der Waals surface area contributed by atoms with Crippen LogP contribution in [0.15, 0.2) is 42.5 Å². The highest BCUT2D eigenvalue weighted by Gasteiger charge is 2.59. The zero-order valence-corrected chi connectivity index (χ0v) is 15.4. The SMILES string of the molecule is CNC(=O)CN1c2ccccc2C(=O)N(C)C12C(=O)Nc1c(C)cccc12. The number of carbonyl (C=O) groups excluding carboxylic acids is 3. The molecule has 2 aromatic carbocycles. The molecule has 2 heterocycles. The van der Waals surface area contributed by atoms with E-state index in [4.69, 9.17) is 0 Å². The summed E-state index contributed by atoms with van der Waals surface area (Å²) in [5.41, 5.74) is 1.86. The van der Waals surface area contributed by atoms with E-state index < -0.39 is 5.66 Å². The number of anilines is 2. The van der Waals surface area contributed by atoms with Gasteiger partial charge < -0.3 is 20.4 Å². The van der Waals surface area contributed by atoms with E-state index in [0.717, 1.165) is 5.56 Å². The molecule has 1 atom stereocenters. The molecule has 0 bridgehead atoms. The average molecular weight is 364 g/mol. The van der Waals surface area contributed by atoms with Crippen LogP contribution in [0.1, 0.15) is 21.5 Å². The van der Waals surface area contributed by atoms with E-state index in [1.807, 2.05) is 25.1 Å². The van der Waals surface area contributed by atoms with Crippen LogP contribution in [-0.4, -0.2) is 43.3 Å². The molecule has 27 heavy (non-hydrogen) atoms. The first kappa shape index (κ1) is 17.1. The monoisotopic (exact) mass is 364 g/mol. The van der Waals surface area contributed by atoms with Gasteiger partial charge in [0.1, 0.15) is 0 Å². The van der Waals surface area contributed by atoms with Crippen LogP contribution < -0.4 is 15.5 Å². The molecule has 7 nitrogen and oxygen atoms in total. The number of carbonyl (C=O) groups is 3. The van der Waals surface area contributed by atoms with Gasteiger partial charge in [0.15, 0.2) is 0 Å². The predicted octanol–water partition coefficient (Wildman–Crippen LogP) is 1.44. The van der Waals surface area contributed by atoms with Gasteiger partial charge in [-0.1, -0.05) is 30.3 Å². The number of nitrogens with zero attached hydrogens (tertiary/aromatic N) is 2. The smallest absolute Gasteiger partial charge is 0.276 e. The lowest BCUT2D eigenvalue weighted by molar-refractivity contribution is -0.126. The Labute approximate surface area is 157 Å². The molecule has 2 aliphatic rings. The highest BCUT2D eigenvalue weighted by atomic mass is 16.2. The molecule has 2 aromatic rings. The summed E-state index contributed by atoms with van der Waals surface area (Å²) in [6, 6.07) is 12.6. The summed E-state index contributed by atoms with van der Waals surface area (Å²) in [5, 5.41) is 5.53. The Morgan fingerprint density at radius 2 is 1.89 bits per heavy atom. The van der Waals surface area contributed by atoms with Gasteiger partial charge in [0, 0.05) is 19.7 Å². The Morgan fingerprint density at radius 1 is 1.15 bits per heavy atom. The van der Waals surface area contributed by atoms with Crippen LogP contribution in [-0.2, 0) is 15.3 Å². The minimum atomic E-state index is -1.42. The highest BCUT2D eigenvalue weighted by Crippen LogP contribution is 2.49. The van der Waals surface area contributed by atoms with Crippen molar-refractivity contribution in [3.63, 3.8) is 0 Å². The highest BCUT2D eigenvalue weighted by molar-refractivity contribution is 6.15. The third-order valence-electron chi connectivity index (χ3n) is 5.39. The Balaban J connectivity index is 2.04. The van der Waals surface area contributed by atoms with Crippen molar-refractivity contribution in [1.82, 2.24) is 10.2 Å². The number of benzene rings is 2. The lowest BCUT2D eigenvalue weighted by Crippen LogP contribution is -2.66. The van der Waals surface area contributed by atoms with Gasteiger partial charge >= 0.3 is 0 Å². The first-order chi connectivity index (χ1) is 12.9. The van der Waals surface area contributed by atoms with E-state index in [9.17, 15) is 14.4 Å². The van der Waals surface area contributed by atoms with Crippen LogP contribution in [0.4, 0.5) is 11.4 Å². The van der Waals surface area contributed by atoms with E-state index in [2.05, 4.69) is 10.6 Å². The van der Waals surface area contributed by atoms with E-state index in [1.54, 1.807) is 43.3 Å². The van der Waals surface area contributed by atoms with Crippen LogP contribution in [0, 0.1) is 6.92 Å². The van der Waals surface area contributed by atoms with E-state index in [-0.39, 0.29) is 24.3 Å². The number of aryl methyl sites for hydroxylation is 1. The fraction of sp³-hybridized carbons (Fsp3) is 0.250. The van der Waals surface area contributed by atoms with Gasteiger partial charge in [0.25, 0.3) is 11.8 Å². The molecular weight excluding hydrogens is 344 g/mol. The Bertz CT molecular complexity index is 987. The Morgan fingerprint density at radius 3 is 2.63 bits per heavy atom. The van der Waals surface area contributed by atoms with Crippen LogP contribution in [0.25, 0.3) is 0 Å². The second-order valence-electron chi connectivity index (χ2n) is 6.76. The number of hydrogen-bond donors (Lipinski definition) is 2. The third kappa shape index (κ3) is 2.11. The summed E-state index contributed by atoms with van der Waals surface area (Å²) in [6.07, 6.45) is 0. The predicted molar refractivity (Wildman–Crippen MR) is 101 cm³/mol. The summed E-state index contributed by atoms with van der Waals surface area (Å²) < 4.78 is 0. The summed E-state index contributed by atoms with van der Waals surface area (Å²) in [5.74, 6) is -0.856. The van der Waals surface area contributed by atoms with Crippen LogP contribution in [0.3, 0.4) is 0 Å². The average Bonchev–Trinajstić information content (AvgIpc) is 2.97. The zero-order chi connectivity index (χ0) is 19.3.